The lowest BCUT2D eigenvalue weighted by atomic mass is 9.89. The Morgan fingerprint density at radius 2 is 1.73 bits per heavy atom. The van der Waals surface area contributed by atoms with Gasteiger partial charge in [-0.25, -0.2) is 4.98 Å². The summed E-state index contributed by atoms with van der Waals surface area (Å²) in [6.45, 7) is 5.06. The van der Waals surface area contributed by atoms with Crippen LogP contribution in [-0.2, 0) is 14.4 Å². The maximum Gasteiger partial charge on any atom is 0.249 e. The third kappa shape index (κ3) is 9.37. The molecule has 1 unspecified atom stereocenters. The van der Waals surface area contributed by atoms with Crippen molar-refractivity contribution in [3.8, 4) is 5.75 Å². The number of aromatic nitrogens is 2. The van der Waals surface area contributed by atoms with E-state index >= 15 is 0 Å². The third-order valence-electron chi connectivity index (χ3n) is 10.6. The molecule has 3 saturated heterocycles. The molecule has 4 aromatic rings. The summed E-state index contributed by atoms with van der Waals surface area (Å²) in [6.07, 6.45) is 5.10. The van der Waals surface area contributed by atoms with Gasteiger partial charge in [-0.05, 0) is 93.6 Å². The van der Waals surface area contributed by atoms with Crippen molar-refractivity contribution in [2.24, 2.45) is 0 Å². The third-order valence-corrected chi connectivity index (χ3v) is 10.8. The number of hydrogen-bond acceptors (Lipinski definition) is 12. The number of Topliss-reactive ketones (excluding diaryl/α,β-unsaturated/α-hetero) is 1. The average molecular weight is 780 g/mol. The molecule has 0 radical (unpaired) electrons. The van der Waals surface area contributed by atoms with Crippen LogP contribution in [0.5, 0.6) is 5.75 Å². The van der Waals surface area contributed by atoms with E-state index in [4.69, 9.17) is 16.3 Å². The molecule has 2 atom stereocenters. The lowest BCUT2D eigenvalue weighted by Crippen LogP contribution is -2.47. The number of likely N-dealkylation sites (tertiary alicyclic amines) is 1. The van der Waals surface area contributed by atoms with E-state index in [1.54, 1.807) is 25.3 Å². The van der Waals surface area contributed by atoms with Gasteiger partial charge in [0.25, 0.3) is 0 Å². The second-order valence-corrected chi connectivity index (χ2v) is 14.9. The van der Waals surface area contributed by atoms with Crippen LogP contribution in [0.4, 0.5) is 34.5 Å². The fraction of sp³-hybridized carbons (Fsp3) is 0.366. The molecule has 3 amide bonds. The second kappa shape index (κ2) is 17.4. The normalized spacial score (nSPS) is 18.9. The van der Waals surface area contributed by atoms with E-state index < -0.39 is 6.04 Å². The number of ether oxygens (including phenoxy) is 1. The fourth-order valence-electron chi connectivity index (χ4n) is 7.54. The number of amides is 3. The molecule has 14 nitrogen and oxygen atoms in total. The molecule has 3 aliphatic heterocycles. The number of rotatable bonds is 13. The number of methoxy groups -OCH3 is 1. The van der Waals surface area contributed by atoms with Gasteiger partial charge in [0.15, 0.2) is 11.6 Å². The Morgan fingerprint density at radius 3 is 2.48 bits per heavy atom. The van der Waals surface area contributed by atoms with Crippen LogP contribution in [0.15, 0.2) is 72.9 Å². The number of benzene rings is 3. The van der Waals surface area contributed by atoms with Crippen LogP contribution >= 0.6 is 11.6 Å². The standard InChI is InChI=1S/C41H46ClN9O5/c1-25(52)31-5-3-4-6-33(31)46-39-32(42)22-43-41(49-39)47-34-12-11-30(21-36(34)56-2)51-20-17-29(23-51)45-38(54)24-50-18-15-27(16-19-50)26-7-9-28(10-8-26)44-35-13-14-37(53)48-40(35)55/h3-12,21-22,27,29,35,44H,13-20,23-24H2,1-2H3,(H,45,54)(H,48,53,55)(H2,43,46,47,49)/t29-,35?/m1/s1. The zero-order valence-corrected chi connectivity index (χ0v) is 32.2. The summed E-state index contributed by atoms with van der Waals surface area (Å²) in [5.41, 5.74) is 4.88. The molecule has 3 aliphatic rings. The zero-order valence-electron chi connectivity index (χ0n) is 31.4. The van der Waals surface area contributed by atoms with Crippen molar-refractivity contribution in [2.45, 2.75) is 57.0 Å². The van der Waals surface area contributed by atoms with Crippen LogP contribution in [0.3, 0.4) is 0 Å². The van der Waals surface area contributed by atoms with E-state index in [1.165, 1.54) is 18.7 Å². The molecular formula is C41H46ClN9O5. The first kappa shape index (κ1) is 38.5. The topological polar surface area (TPSA) is 170 Å². The highest BCUT2D eigenvalue weighted by atomic mass is 35.5. The van der Waals surface area contributed by atoms with E-state index in [9.17, 15) is 19.2 Å². The van der Waals surface area contributed by atoms with Gasteiger partial charge in [0.05, 0.1) is 31.2 Å². The number of carbonyl (C=O) groups excluding carboxylic acids is 4. The minimum Gasteiger partial charge on any atom is -0.494 e. The second-order valence-electron chi connectivity index (χ2n) is 14.4. The molecule has 15 heteroatoms. The molecular weight excluding hydrogens is 734 g/mol. The highest BCUT2D eigenvalue weighted by molar-refractivity contribution is 6.33. The smallest absolute Gasteiger partial charge is 0.249 e. The maximum absolute atomic E-state index is 13.1. The first-order valence-corrected chi connectivity index (χ1v) is 19.3. The average Bonchev–Trinajstić information content (AvgIpc) is 3.66. The van der Waals surface area contributed by atoms with Gasteiger partial charge in [-0.3, -0.25) is 29.4 Å². The van der Waals surface area contributed by atoms with Gasteiger partial charge in [0.2, 0.25) is 23.7 Å². The summed E-state index contributed by atoms with van der Waals surface area (Å²) in [5, 5.41) is 15.5. The first-order valence-electron chi connectivity index (χ1n) is 18.9. The number of para-hydroxylation sites is 1. The van der Waals surface area contributed by atoms with E-state index in [0.717, 1.165) is 50.3 Å². The number of nitrogens with one attached hydrogen (secondary N) is 5. The summed E-state index contributed by atoms with van der Waals surface area (Å²) in [6, 6.07) is 20.9. The molecule has 56 heavy (non-hydrogen) atoms. The van der Waals surface area contributed by atoms with Crippen molar-refractivity contribution in [2.75, 3.05) is 60.7 Å². The molecule has 0 spiro atoms. The molecule has 3 aromatic carbocycles. The molecule has 0 saturated carbocycles. The predicted octanol–water partition coefficient (Wildman–Crippen LogP) is 5.62. The summed E-state index contributed by atoms with van der Waals surface area (Å²) in [4.78, 5) is 62.1. The molecule has 0 bridgehead atoms. The summed E-state index contributed by atoms with van der Waals surface area (Å²) in [5.74, 6) is 1.13. The molecule has 4 heterocycles. The van der Waals surface area contributed by atoms with Gasteiger partial charge in [-0.15, -0.1) is 0 Å². The molecule has 292 valence electrons. The maximum atomic E-state index is 13.1. The number of carbonyl (C=O) groups is 4. The van der Waals surface area contributed by atoms with Crippen LogP contribution < -0.4 is 36.2 Å². The molecule has 0 aliphatic carbocycles. The highest BCUT2D eigenvalue weighted by Gasteiger charge is 2.28. The zero-order chi connectivity index (χ0) is 39.2. The Bertz CT molecular complexity index is 2090. The number of nitrogens with zero attached hydrogens (tertiary/aromatic N) is 4. The number of halogens is 1. The largest absolute Gasteiger partial charge is 0.494 e. The SMILES string of the molecule is COc1cc(N2CC[C@@H](NC(=O)CN3CCC(c4ccc(NC5CCC(=O)NC5=O)cc4)CC3)C2)ccc1Nc1ncc(Cl)c(Nc2ccccc2C(C)=O)n1. The number of ketones is 1. The summed E-state index contributed by atoms with van der Waals surface area (Å²) >= 11 is 6.41. The summed E-state index contributed by atoms with van der Waals surface area (Å²) < 4.78 is 5.74. The Labute approximate surface area is 330 Å². The number of anilines is 6. The van der Waals surface area contributed by atoms with Crippen LogP contribution in [-0.4, -0.2) is 90.3 Å². The van der Waals surface area contributed by atoms with Crippen LogP contribution in [0, 0.1) is 0 Å². The Kier molecular flexibility index (Phi) is 12.0. The van der Waals surface area contributed by atoms with Crippen molar-refractivity contribution in [1.82, 2.24) is 25.5 Å². The van der Waals surface area contributed by atoms with Gasteiger partial charge in [-0.2, -0.15) is 4.98 Å². The molecule has 3 fully saturated rings. The van der Waals surface area contributed by atoms with Crippen molar-refractivity contribution in [3.05, 3.63) is 89.1 Å². The van der Waals surface area contributed by atoms with Crippen molar-refractivity contribution in [1.29, 1.82) is 0 Å². The van der Waals surface area contributed by atoms with Crippen molar-refractivity contribution in [3.63, 3.8) is 0 Å². The quantitative estimate of drug-likeness (QED) is 0.0840. The van der Waals surface area contributed by atoms with Gasteiger partial charge >= 0.3 is 0 Å². The van der Waals surface area contributed by atoms with Gasteiger partial charge in [0.1, 0.15) is 16.8 Å². The van der Waals surface area contributed by atoms with E-state index in [1.807, 2.05) is 36.4 Å². The minimum absolute atomic E-state index is 0.0395. The van der Waals surface area contributed by atoms with E-state index in [0.29, 0.717) is 71.3 Å². The van der Waals surface area contributed by atoms with Crippen molar-refractivity contribution >= 4 is 69.6 Å². The molecule has 1 aromatic heterocycles. The first-order chi connectivity index (χ1) is 27.1. The predicted molar refractivity (Wildman–Crippen MR) is 216 cm³/mol. The van der Waals surface area contributed by atoms with Gasteiger partial charge in [0, 0.05) is 48.6 Å². The highest BCUT2D eigenvalue weighted by Crippen LogP contribution is 2.34. The monoisotopic (exact) mass is 779 g/mol. The van der Waals surface area contributed by atoms with E-state index in [-0.39, 0.29) is 29.5 Å². The number of piperidine rings is 2. The Hall–Kier alpha value is -5.73. The number of imide groups is 1. The van der Waals surface area contributed by atoms with Gasteiger partial charge < -0.3 is 30.9 Å². The molecule has 7 rings (SSSR count). The number of hydrogen-bond donors (Lipinski definition) is 5. The Morgan fingerprint density at radius 1 is 0.946 bits per heavy atom. The van der Waals surface area contributed by atoms with Crippen LogP contribution in [0.25, 0.3) is 0 Å². The lowest BCUT2D eigenvalue weighted by molar-refractivity contribution is -0.133. The summed E-state index contributed by atoms with van der Waals surface area (Å²) in [7, 11) is 1.61. The van der Waals surface area contributed by atoms with Crippen LogP contribution in [0.1, 0.15) is 60.9 Å². The van der Waals surface area contributed by atoms with E-state index in [2.05, 4.69) is 58.5 Å². The van der Waals surface area contributed by atoms with Crippen LogP contribution in [0.2, 0.25) is 5.02 Å². The van der Waals surface area contributed by atoms with Crippen molar-refractivity contribution < 1.29 is 23.9 Å². The Balaban J connectivity index is 0.873. The molecule has 5 N–H and O–H groups in total. The fourth-order valence-corrected chi connectivity index (χ4v) is 7.68. The minimum atomic E-state index is -0.402. The van der Waals surface area contributed by atoms with Gasteiger partial charge in [-0.1, -0.05) is 35.9 Å². The lowest BCUT2D eigenvalue weighted by Gasteiger charge is -2.32.